The summed E-state index contributed by atoms with van der Waals surface area (Å²) < 4.78 is 61.9. The van der Waals surface area contributed by atoms with Gasteiger partial charge in [0.05, 0.1) is 28.3 Å². The van der Waals surface area contributed by atoms with E-state index in [-0.39, 0.29) is 9.79 Å². The third-order valence-electron chi connectivity index (χ3n) is 6.44. The summed E-state index contributed by atoms with van der Waals surface area (Å²) in [5.41, 5.74) is 3.68. The van der Waals surface area contributed by atoms with Gasteiger partial charge in [-0.15, -0.1) is 0 Å². The normalized spacial score (nSPS) is 11.5. The van der Waals surface area contributed by atoms with Crippen LogP contribution in [0.2, 0.25) is 0 Å². The number of ether oxygens (including phenoxy) is 1. The van der Waals surface area contributed by atoms with Crippen molar-refractivity contribution in [3.63, 3.8) is 0 Å². The maximum Gasteiger partial charge on any atom is 0.264 e. The molecule has 0 aliphatic rings. The Hall–Kier alpha value is -4.35. The van der Waals surface area contributed by atoms with Gasteiger partial charge in [0.1, 0.15) is 12.3 Å². The molecule has 0 unspecified atom stereocenters. The number of benzene rings is 4. The highest BCUT2D eigenvalue weighted by molar-refractivity contribution is 7.93. The molecule has 41 heavy (non-hydrogen) atoms. The van der Waals surface area contributed by atoms with E-state index in [1.165, 1.54) is 43.5 Å². The van der Waals surface area contributed by atoms with Gasteiger partial charge in [0, 0.05) is 5.69 Å². The summed E-state index contributed by atoms with van der Waals surface area (Å²) in [7, 11) is -6.56. The van der Waals surface area contributed by atoms with Gasteiger partial charge in [0.25, 0.3) is 20.0 Å². The number of methoxy groups -OCH3 is 1. The Labute approximate surface area is 240 Å². The summed E-state index contributed by atoms with van der Waals surface area (Å²) in [4.78, 5) is 13.1. The molecule has 0 atom stereocenters. The summed E-state index contributed by atoms with van der Waals surface area (Å²) in [6.45, 7) is 5.12. The molecule has 214 valence electrons. The van der Waals surface area contributed by atoms with Gasteiger partial charge in [-0.2, -0.15) is 0 Å². The van der Waals surface area contributed by atoms with Crippen LogP contribution in [-0.2, 0) is 24.8 Å². The largest absolute Gasteiger partial charge is 0.495 e. The Balaban J connectivity index is 1.54. The predicted octanol–water partition coefficient (Wildman–Crippen LogP) is 5.26. The second-order valence-corrected chi connectivity index (χ2v) is 13.0. The van der Waals surface area contributed by atoms with Crippen LogP contribution < -0.4 is 19.1 Å². The van der Waals surface area contributed by atoms with Gasteiger partial charge in [-0.3, -0.25) is 13.8 Å². The fourth-order valence-corrected chi connectivity index (χ4v) is 6.56. The van der Waals surface area contributed by atoms with E-state index < -0.39 is 32.5 Å². The fraction of sp³-hybridized carbons (Fsp3) is 0.167. The fourth-order valence-electron chi connectivity index (χ4n) is 4.07. The summed E-state index contributed by atoms with van der Waals surface area (Å²) in [5, 5.41) is 2.67. The van der Waals surface area contributed by atoms with Crippen LogP contribution in [0.25, 0.3) is 0 Å². The third kappa shape index (κ3) is 6.87. The molecule has 0 aliphatic heterocycles. The lowest BCUT2D eigenvalue weighted by atomic mass is 10.1. The lowest BCUT2D eigenvalue weighted by Gasteiger charge is -2.25. The Bertz CT molecular complexity index is 1770. The number of sulfonamides is 2. The Kier molecular flexibility index (Phi) is 8.69. The minimum Gasteiger partial charge on any atom is -0.495 e. The van der Waals surface area contributed by atoms with Crippen LogP contribution in [0.1, 0.15) is 16.7 Å². The highest BCUT2D eigenvalue weighted by Crippen LogP contribution is 2.29. The summed E-state index contributed by atoms with van der Waals surface area (Å²) in [5.74, 6) is -0.220. The average Bonchev–Trinajstić information content (AvgIpc) is 2.94. The quantitative estimate of drug-likeness (QED) is 0.259. The standard InChI is InChI=1S/C30H31N3O6S2/c1-21-10-17-29(39-4)28(18-21)32-40(35,36)26-15-12-24(13-16-26)31-30(34)20-33(25-14-11-22(2)23(3)19-25)41(37,38)27-8-6-5-7-9-27/h5-19,32H,20H2,1-4H3,(H,31,34). The zero-order chi connectivity index (χ0) is 29.8. The number of nitrogens with zero attached hydrogens (tertiary/aromatic N) is 1. The molecule has 4 aromatic rings. The third-order valence-corrected chi connectivity index (χ3v) is 9.61. The number of hydrogen-bond donors (Lipinski definition) is 2. The van der Waals surface area contributed by atoms with E-state index in [1.54, 1.807) is 54.6 Å². The topological polar surface area (TPSA) is 122 Å². The van der Waals surface area contributed by atoms with Gasteiger partial charge in [0.15, 0.2) is 0 Å². The smallest absolute Gasteiger partial charge is 0.264 e. The number of anilines is 3. The van der Waals surface area contributed by atoms with Crippen molar-refractivity contribution in [1.82, 2.24) is 0 Å². The number of amides is 1. The van der Waals surface area contributed by atoms with Crippen molar-refractivity contribution in [2.24, 2.45) is 0 Å². The molecule has 0 saturated heterocycles. The van der Waals surface area contributed by atoms with E-state index in [0.717, 1.165) is 21.0 Å². The molecule has 0 bridgehead atoms. The van der Waals surface area contributed by atoms with E-state index in [1.807, 2.05) is 20.8 Å². The maximum atomic E-state index is 13.6. The lowest BCUT2D eigenvalue weighted by molar-refractivity contribution is -0.114. The summed E-state index contributed by atoms with van der Waals surface area (Å²) >= 11 is 0. The molecule has 2 N–H and O–H groups in total. The Morgan fingerprint density at radius 2 is 1.46 bits per heavy atom. The van der Waals surface area contributed by atoms with E-state index in [0.29, 0.717) is 22.8 Å². The maximum absolute atomic E-state index is 13.6. The monoisotopic (exact) mass is 593 g/mol. The van der Waals surface area contributed by atoms with Gasteiger partial charge in [0.2, 0.25) is 5.91 Å². The van der Waals surface area contributed by atoms with E-state index in [2.05, 4.69) is 10.0 Å². The highest BCUT2D eigenvalue weighted by Gasteiger charge is 2.27. The van der Waals surface area contributed by atoms with Crippen molar-refractivity contribution in [2.75, 3.05) is 28.0 Å². The molecule has 4 rings (SSSR count). The van der Waals surface area contributed by atoms with E-state index >= 15 is 0 Å². The van der Waals surface area contributed by atoms with E-state index in [9.17, 15) is 21.6 Å². The van der Waals surface area contributed by atoms with Crippen molar-refractivity contribution in [2.45, 2.75) is 30.6 Å². The van der Waals surface area contributed by atoms with Crippen LogP contribution in [0.15, 0.2) is 101 Å². The molecule has 0 aliphatic carbocycles. The van der Waals surface area contributed by atoms with E-state index in [4.69, 9.17) is 4.74 Å². The van der Waals surface area contributed by atoms with Gasteiger partial charge in [-0.25, -0.2) is 16.8 Å². The number of nitrogens with one attached hydrogen (secondary N) is 2. The minimum absolute atomic E-state index is 0.0255. The van der Waals surface area contributed by atoms with Gasteiger partial charge < -0.3 is 10.1 Å². The van der Waals surface area contributed by atoms with Crippen molar-refractivity contribution >= 4 is 43.0 Å². The van der Waals surface area contributed by atoms with Crippen molar-refractivity contribution in [3.8, 4) is 5.75 Å². The Morgan fingerprint density at radius 3 is 2.10 bits per heavy atom. The first-order chi connectivity index (χ1) is 19.4. The zero-order valence-corrected chi connectivity index (χ0v) is 24.7. The van der Waals surface area contributed by atoms with Crippen LogP contribution in [0.4, 0.5) is 17.1 Å². The molecule has 1 amide bonds. The number of hydrogen-bond acceptors (Lipinski definition) is 6. The first-order valence-electron chi connectivity index (χ1n) is 12.6. The first kappa shape index (κ1) is 29.6. The van der Waals surface area contributed by atoms with Crippen LogP contribution in [-0.4, -0.2) is 36.4 Å². The van der Waals surface area contributed by atoms with Crippen LogP contribution in [0.3, 0.4) is 0 Å². The number of aryl methyl sites for hydroxylation is 3. The molecular formula is C30H31N3O6S2. The predicted molar refractivity (Wildman–Crippen MR) is 161 cm³/mol. The molecular weight excluding hydrogens is 562 g/mol. The molecule has 0 radical (unpaired) electrons. The molecule has 0 saturated carbocycles. The summed E-state index contributed by atoms with van der Waals surface area (Å²) in [6.07, 6.45) is 0. The summed E-state index contributed by atoms with van der Waals surface area (Å²) in [6, 6.07) is 23.8. The first-order valence-corrected chi connectivity index (χ1v) is 15.6. The number of carbonyl (C=O) groups excluding carboxylic acids is 1. The molecule has 0 aromatic heterocycles. The minimum atomic E-state index is -4.06. The van der Waals surface area contributed by atoms with Crippen molar-refractivity contribution in [1.29, 1.82) is 0 Å². The van der Waals surface area contributed by atoms with Gasteiger partial charge in [-0.1, -0.05) is 30.3 Å². The van der Waals surface area contributed by atoms with Gasteiger partial charge >= 0.3 is 0 Å². The van der Waals surface area contributed by atoms with Crippen molar-refractivity contribution in [3.05, 3.63) is 108 Å². The molecule has 0 heterocycles. The SMILES string of the molecule is COc1ccc(C)cc1NS(=O)(=O)c1ccc(NC(=O)CN(c2ccc(C)c(C)c2)S(=O)(=O)c2ccccc2)cc1. The lowest BCUT2D eigenvalue weighted by Crippen LogP contribution is -2.38. The van der Waals surface area contributed by atoms with Crippen molar-refractivity contribution < 1.29 is 26.4 Å². The molecule has 11 heteroatoms. The molecule has 4 aromatic carbocycles. The average molecular weight is 594 g/mol. The second-order valence-electron chi connectivity index (χ2n) is 9.48. The molecule has 9 nitrogen and oxygen atoms in total. The van der Waals surface area contributed by atoms with Crippen LogP contribution in [0.5, 0.6) is 5.75 Å². The number of carbonyl (C=O) groups is 1. The van der Waals surface area contributed by atoms with Crippen LogP contribution in [0, 0.1) is 20.8 Å². The highest BCUT2D eigenvalue weighted by atomic mass is 32.2. The van der Waals surface area contributed by atoms with Gasteiger partial charge in [-0.05, 0) is 98.1 Å². The van der Waals surface area contributed by atoms with Crippen LogP contribution >= 0.6 is 0 Å². The Morgan fingerprint density at radius 1 is 0.780 bits per heavy atom. The molecule has 0 fully saturated rings. The number of rotatable bonds is 10. The second kappa shape index (κ2) is 12.0. The molecule has 0 spiro atoms. The zero-order valence-electron chi connectivity index (χ0n) is 23.1.